The van der Waals surface area contributed by atoms with Crippen LogP contribution in [0.25, 0.3) is 0 Å². The molecule has 2 aromatic rings. The number of hydrogen-bond donors (Lipinski definition) is 0. The van der Waals surface area contributed by atoms with Gasteiger partial charge in [0, 0.05) is 37.8 Å². The fourth-order valence-electron chi connectivity index (χ4n) is 4.73. The largest absolute Gasteiger partial charge is 0.494 e. The molecule has 0 atom stereocenters. The third kappa shape index (κ3) is 7.56. The van der Waals surface area contributed by atoms with E-state index in [0.717, 1.165) is 18.1 Å². The second kappa shape index (κ2) is 13.3. The third-order valence-electron chi connectivity index (χ3n) is 6.76. The zero-order valence-corrected chi connectivity index (χ0v) is 21.2. The molecule has 1 saturated heterocycles. The van der Waals surface area contributed by atoms with Gasteiger partial charge in [-0.25, -0.2) is 9.97 Å². The van der Waals surface area contributed by atoms with Crippen molar-refractivity contribution in [2.45, 2.75) is 44.9 Å². The molecule has 0 bridgehead atoms. The van der Waals surface area contributed by atoms with Crippen LogP contribution in [-0.2, 0) is 11.2 Å². The number of hydrogen-bond acceptors (Lipinski definition) is 6. The fraction of sp³-hybridized carbons (Fsp3) is 0.538. The highest BCUT2D eigenvalue weighted by molar-refractivity contribution is 5.94. The van der Waals surface area contributed by atoms with Gasteiger partial charge in [-0.05, 0) is 30.5 Å². The Balaban J connectivity index is 0.00000342. The molecule has 0 unspecified atom stereocenters. The monoisotopic (exact) mass is 502 g/mol. The summed E-state index contributed by atoms with van der Waals surface area (Å²) in [4.78, 5) is 37.4. The predicted octanol–water partition coefficient (Wildman–Crippen LogP) is 3.78. The lowest BCUT2D eigenvalue weighted by Crippen LogP contribution is -2.51. The van der Waals surface area contributed by atoms with E-state index in [-0.39, 0.29) is 30.6 Å². The topological polar surface area (TPSA) is 84.9 Å². The average Bonchev–Trinajstić information content (AvgIpc) is 2.89. The molecule has 1 aromatic carbocycles. The number of nitrogens with zero attached hydrogens (tertiary/aromatic N) is 4. The van der Waals surface area contributed by atoms with Gasteiger partial charge >= 0.3 is 0 Å². The summed E-state index contributed by atoms with van der Waals surface area (Å²) in [6.45, 7) is 2.71. The van der Waals surface area contributed by atoms with Gasteiger partial charge in [-0.3, -0.25) is 9.59 Å². The van der Waals surface area contributed by atoms with Crippen molar-refractivity contribution in [2.75, 3.05) is 39.9 Å². The molecule has 1 aliphatic carbocycles. The summed E-state index contributed by atoms with van der Waals surface area (Å²) in [5.41, 5.74) is 1.25. The summed E-state index contributed by atoms with van der Waals surface area (Å²) >= 11 is 0. The number of ether oxygens (including phenoxy) is 2. The van der Waals surface area contributed by atoms with Crippen LogP contribution in [0.2, 0.25) is 0 Å². The first-order chi connectivity index (χ1) is 16.6. The van der Waals surface area contributed by atoms with Gasteiger partial charge in [0.25, 0.3) is 5.91 Å². The molecule has 4 rings (SSSR count). The van der Waals surface area contributed by atoms with E-state index >= 15 is 0 Å². The first-order valence-electron chi connectivity index (χ1n) is 12.3. The number of carbonyl (C=O) groups excluding carboxylic acids is 2. The van der Waals surface area contributed by atoms with Crippen molar-refractivity contribution >= 4 is 24.2 Å². The van der Waals surface area contributed by atoms with E-state index in [1.165, 1.54) is 45.5 Å². The molecule has 1 aliphatic heterocycles. The molecule has 190 valence electrons. The van der Waals surface area contributed by atoms with E-state index in [1.807, 2.05) is 24.3 Å². The maximum atomic E-state index is 13.0. The number of aromatic nitrogens is 2. The summed E-state index contributed by atoms with van der Waals surface area (Å²) in [5, 5.41) is 0. The van der Waals surface area contributed by atoms with Gasteiger partial charge in [-0.1, -0.05) is 38.2 Å². The Morgan fingerprint density at radius 2 is 1.74 bits per heavy atom. The second-order valence-electron chi connectivity index (χ2n) is 9.07. The molecule has 2 amide bonds. The van der Waals surface area contributed by atoms with Crippen LogP contribution >= 0.6 is 12.4 Å². The Morgan fingerprint density at radius 1 is 1.00 bits per heavy atom. The molecule has 8 nitrogen and oxygen atoms in total. The Bertz CT molecular complexity index is 975. The summed E-state index contributed by atoms with van der Waals surface area (Å²) in [6, 6.07) is 9.12. The van der Waals surface area contributed by atoms with Gasteiger partial charge in [0.2, 0.25) is 11.8 Å². The first-order valence-corrected chi connectivity index (χ1v) is 12.3. The van der Waals surface area contributed by atoms with Crippen molar-refractivity contribution in [3.63, 3.8) is 0 Å². The number of rotatable bonds is 8. The van der Waals surface area contributed by atoms with Gasteiger partial charge < -0.3 is 19.3 Å². The number of amides is 2. The molecule has 1 saturated carbocycles. The maximum absolute atomic E-state index is 13.0. The molecule has 9 heteroatoms. The molecule has 0 spiro atoms. The molecule has 2 fully saturated rings. The van der Waals surface area contributed by atoms with Crippen molar-refractivity contribution in [2.24, 2.45) is 5.92 Å². The van der Waals surface area contributed by atoms with Crippen molar-refractivity contribution in [1.82, 2.24) is 19.8 Å². The molecule has 1 aromatic heterocycles. The van der Waals surface area contributed by atoms with Crippen LogP contribution in [0.4, 0.5) is 0 Å². The molecule has 35 heavy (non-hydrogen) atoms. The number of benzene rings is 1. The van der Waals surface area contributed by atoms with Crippen molar-refractivity contribution in [1.29, 1.82) is 0 Å². The Hall–Kier alpha value is -2.87. The van der Waals surface area contributed by atoms with Crippen LogP contribution in [-0.4, -0.2) is 71.5 Å². The Labute approximate surface area is 213 Å². The highest BCUT2D eigenvalue weighted by Crippen LogP contribution is 2.26. The smallest absolute Gasteiger partial charge is 0.254 e. The van der Waals surface area contributed by atoms with Crippen molar-refractivity contribution < 1.29 is 19.1 Å². The number of carbonyl (C=O) groups is 2. The molecule has 0 N–H and O–H groups in total. The molecule has 2 heterocycles. The van der Waals surface area contributed by atoms with Crippen LogP contribution in [0, 0.1) is 5.92 Å². The third-order valence-corrected chi connectivity index (χ3v) is 6.76. The van der Waals surface area contributed by atoms with Gasteiger partial charge in [0.15, 0.2) is 0 Å². The SMILES string of the molecule is COc1cc(CC(=O)N2CCN(C(=O)c3cccc(OCCC4CCCCC4)c3)CC2)ncn1.Cl. The lowest BCUT2D eigenvalue weighted by Gasteiger charge is -2.35. The fourth-order valence-corrected chi connectivity index (χ4v) is 4.73. The van der Waals surface area contributed by atoms with Gasteiger partial charge in [-0.15, -0.1) is 12.4 Å². The molecular formula is C26H35ClN4O4. The summed E-state index contributed by atoms with van der Waals surface area (Å²) in [7, 11) is 1.53. The number of halogens is 1. The van der Waals surface area contributed by atoms with Gasteiger partial charge in [0.05, 0.1) is 25.8 Å². The average molecular weight is 503 g/mol. The van der Waals surface area contributed by atoms with E-state index < -0.39 is 0 Å². The minimum atomic E-state index is -0.0228. The van der Waals surface area contributed by atoms with Gasteiger partial charge in [0.1, 0.15) is 12.1 Å². The van der Waals surface area contributed by atoms with Crippen molar-refractivity contribution in [3.8, 4) is 11.6 Å². The van der Waals surface area contributed by atoms with Crippen LogP contribution in [0.15, 0.2) is 36.7 Å². The number of piperazine rings is 1. The highest BCUT2D eigenvalue weighted by Gasteiger charge is 2.25. The normalized spacial score (nSPS) is 16.4. The predicted molar refractivity (Wildman–Crippen MR) is 135 cm³/mol. The van der Waals surface area contributed by atoms with Crippen LogP contribution < -0.4 is 9.47 Å². The summed E-state index contributed by atoms with van der Waals surface area (Å²) in [5.74, 6) is 1.92. The Kier molecular flexibility index (Phi) is 10.1. The maximum Gasteiger partial charge on any atom is 0.254 e. The van der Waals surface area contributed by atoms with E-state index in [9.17, 15) is 9.59 Å². The van der Waals surface area contributed by atoms with Gasteiger partial charge in [-0.2, -0.15) is 0 Å². The zero-order chi connectivity index (χ0) is 23.8. The lowest BCUT2D eigenvalue weighted by atomic mass is 9.87. The van der Waals surface area contributed by atoms with Crippen molar-refractivity contribution in [3.05, 3.63) is 47.9 Å². The zero-order valence-electron chi connectivity index (χ0n) is 20.4. The number of methoxy groups -OCH3 is 1. The molecular weight excluding hydrogens is 468 g/mol. The van der Waals surface area contributed by atoms with Crippen LogP contribution in [0.3, 0.4) is 0 Å². The second-order valence-corrected chi connectivity index (χ2v) is 9.07. The van der Waals surface area contributed by atoms with E-state index in [4.69, 9.17) is 9.47 Å². The van der Waals surface area contributed by atoms with Crippen LogP contribution in [0.5, 0.6) is 11.6 Å². The summed E-state index contributed by atoms with van der Waals surface area (Å²) < 4.78 is 11.1. The summed E-state index contributed by atoms with van der Waals surface area (Å²) in [6.07, 6.45) is 9.31. The lowest BCUT2D eigenvalue weighted by molar-refractivity contribution is -0.132. The molecule has 0 radical (unpaired) electrons. The van der Waals surface area contributed by atoms with Crippen LogP contribution in [0.1, 0.15) is 54.6 Å². The minimum absolute atomic E-state index is 0. The highest BCUT2D eigenvalue weighted by atomic mass is 35.5. The van der Waals surface area contributed by atoms with E-state index in [1.54, 1.807) is 15.9 Å². The first kappa shape index (κ1) is 26.7. The Morgan fingerprint density at radius 3 is 2.49 bits per heavy atom. The van der Waals surface area contributed by atoms with E-state index in [2.05, 4.69) is 9.97 Å². The quantitative estimate of drug-likeness (QED) is 0.546. The minimum Gasteiger partial charge on any atom is -0.494 e. The van der Waals surface area contributed by atoms with E-state index in [0.29, 0.717) is 49.9 Å². The standard InChI is InChI=1S/C26H34N4O4.ClH/c1-33-24-17-22(27-19-28-24)18-25(31)29-11-13-30(14-12-29)26(32)21-8-5-9-23(16-21)34-15-10-20-6-3-2-4-7-20;/h5,8-9,16-17,19-20H,2-4,6-7,10-15,18H2,1H3;1H. The molecule has 2 aliphatic rings.